The molecule has 0 aliphatic carbocycles. The summed E-state index contributed by atoms with van der Waals surface area (Å²) >= 11 is 0. The second-order valence-corrected chi connectivity index (χ2v) is 9.11. The number of ether oxygens (including phenoxy) is 2. The van der Waals surface area contributed by atoms with Crippen molar-refractivity contribution in [1.29, 1.82) is 0 Å². The van der Waals surface area contributed by atoms with Crippen LogP contribution >= 0.6 is 0 Å². The van der Waals surface area contributed by atoms with Crippen LogP contribution in [-0.2, 0) is 10.0 Å². The van der Waals surface area contributed by atoms with E-state index in [4.69, 9.17) is 9.47 Å². The van der Waals surface area contributed by atoms with E-state index >= 15 is 0 Å². The highest BCUT2D eigenvalue weighted by molar-refractivity contribution is 7.92. The molecule has 30 heavy (non-hydrogen) atoms. The van der Waals surface area contributed by atoms with Gasteiger partial charge in [0.05, 0.1) is 26.0 Å². The number of carbonyl (C=O) groups excluding carboxylic acids is 1. The van der Waals surface area contributed by atoms with E-state index in [-0.39, 0.29) is 17.7 Å². The number of methoxy groups -OCH3 is 2. The van der Waals surface area contributed by atoms with E-state index in [9.17, 15) is 13.2 Å². The van der Waals surface area contributed by atoms with E-state index in [0.29, 0.717) is 35.7 Å². The normalized spacial score (nSPS) is 16.4. The SMILES string of the molecule is CCCS(=O)(=O)Nc1cccc(C(=O)N2CCC[C@@H]2c2ccc(OC)c(OC)c2)c1. The maximum atomic E-state index is 13.2. The molecule has 162 valence electrons. The molecule has 0 spiro atoms. The summed E-state index contributed by atoms with van der Waals surface area (Å²) in [5, 5.41) is 0. The lowest BCUT2D eigenvalue weighted by Gasteiger charge is -2.26. The maximum absolute atomic E-state index is 13.2. The molecular weight excluding hydrogens is 404 g/mol. The van der Waals surface area contributed by atoms with Gasteiger partial charge in [0.15, 0.2) is 11.5 Å². The van der Waals surface area contributed by atoms with Crippen LogP contribution in [0.25, 0.3) is 0 Å². The van der Waals surface area contributed by atoms with Crippen molar-refractivity contribution in [1.82, 2.24) is 4.90 Å². The summed E-state index contributed by atoms with van der Waals surface area (Å²) in [6.45, 7) is 2.45. The number of sulfonamides is 1. The highest BCUT2D eigenvalue weighted by Gasteiger charge is 2.31. The first-order valence-electron chi connectivity index (χ1n) is 10.0. The standard InChI is InChI=1S/C22H28N2O5S/c1-4-13-30(26,27)23-18-8-5-7-17(14-18)22(25)24-12-6-9-19(24)16-10-11-20(28-2)21(15-16)29-3/h5,7-8,10-11,14-15,19,23H,4,6,9,12-13H2,1-3H3/t19-/m1/s1. The molecule has 1 heterocycles. The number of benzene rings is 2. The van der Waals surface area contributed by atoms with E-state index in [0.717, 1.165) is 18.4 Å². The van der Waals surface area contributed by atoms with Crippen LogP contribution in [0.1, 0.15) is 48.1 Å². The van der Waals surface area contributed by atoms with Crippen molar-refractivity contribution < 1.29 is 22.7 Å². The fourth-order valence-electron chi connectivity index (χ4n) is 3.80. The summed E-state index contributed by atoms with van der Waals surface area (Å²) in [5.74, 6) is 1.19. The van der Waals surface area contributed by atoms with Crippen molar-refractivity contribution in [2.45, 2.75) is 32.2 Å². The number of rotatable bonds is 8. The van der Waals surface area contributed by atoms with E-state index in [1.807, 2.05) is 23.1 Å². The van der Waals surface area contributed by atoms with Crippen LogP contribution in [0.4, 0.5) is 5.69 Å². The highest BCUT2D eigenvalue weighted by Crippen LogP contribution is 2.37. The topological polar surface area (TPSA) is 84.9 Å². The summed E-state index contributed by atoms with van der Waals surface area (Å²) in [7, 11) is -0.239. The summed E-state index contributed by atoms with van der Waals surface area (Å²) in [4.78, 5) is 15.1. The minimum Gasteiger partial charge on any atom is -0.493 e. The second kappa shape index (κ2) is 9.38. The number of likely N-dealkylation sites (tertiary alicyclic amines) is 1. The molecule has 7 nitrogen and oxygen atoms in total. The smallest absolute Gasteiger partial charge is 0.254 e. The van der Waals surface area contributed by atoms with Gasteiger partial charge in [-0.05, 0) is 55.2 Å². The quantitative estimate of drug-likeness (QED) is 0.685. The lowest BCUT2D eigenvalue weighted by molar-refractivity contribution is 0.0735. The predicted molar refractivity (Wildman–Crippen MR) is 117 cm³/mol. The summed E-state index contributed by atoms with van der Waals surface area (Å²) < 4.78 is 37.4. The van der Waals surface area contributed by atoms with Crippen LogP contribution in [0.2, 0.25) is 0 Å². The molecule has 2 aromatic carbocycles. The largest absolute Gasteiger partial charge is 0.493 e. The molecule has 1 aliphatic rings. The Morgan fingerprint density at radius 1 is 1.13 bits per heavy atom. The van der Waals surface area contributed by atoms with Crippen molar-refractivity contribution in [2.75, 3.05) is 31.2 Å². The number of carbonyl (C=O) groups is 1. The molecule has 0 aromatic heterocycles. The van der Waals surface area contributed by atoms with Gasteiger partial charge in [-0.2, -0.15) is 0 Å². The van der Waals surface area contributed by atoms with Gasteiger partial charge < -0.3 is 14.4 Å². The molecule has 2 aromatic rings. The molecule has 0 saturated carbocycles. The third-order valence-corrected chi connectivity index (χ3v) is 6.65. The van der Waals surface area contributed by atoms with Crippen LogP contribution in [0.3, 0.4) is 0 Å². The molecule has 0 bridgehead atoms. The molecule has 3 rings (SSSR count). The van der Waals surface area contributed by atoms with Gasteiger partial charge in [-0.25, -0.2) is 8.42 Å². The van der Waals surface area contributed by atoms with Crippen LogP contribution in [0.5, 0.6) is 11.5 Å². The first-order chi connectivity index (χ1) is 14.4. The molecule has 1 fully saturated rings. The number of nitrogens with one attached hydrogen (secondary N) is 1. The Balaban J connectivity index is 1.83. The van der Waals surface area contributed by atoms with Crippen molar-refractivity contribution in [3.8, 4) is 11.5 Å². The molecular formula is C22H28N2O5S. The first kappa shape index (κ1) is 22.0. The van der Waals surface area contributed by atoms with Crippen molar-refractivity contribution >= 4 is 21.6 Å². The molecule has 0 radical (unpaired) electrons. The molecule has 1 aliphatic heterocycles. The van der Waals surface area contributed by atoms with Crippen molar-refractivity contribution in [2.24, 2.45) is 0 Å². The lowest BCUT2D eigenvalue weighted by Crippen LogP contribution is -2.30. The molecule has 0 unspecified atom stereocenters. The Bertz CT molecular complexity index is 1010. The summed E-state index contributed by atoms with van der Waals surface area (Å²) in [6.07, 6.45) is 2.27. The Kier molecular flexibility index (Phi) is 6.87. The zero-order valence-corrected chi connectivity index (χ0v) is 18.4. The van der Waals surface area contributed by atoms with Crippen LogP contribution in [0, 0.1) is 0 Å². The van der Waals surface area contributed by atoms with Gasteiger partial charge in [-0.15, -0.1) is 0 Å². The zero-order chi connectivity index (χ0) is 21.7. The Morgan fingerprint density at radius 2 is 1.90 bits per heavy atom. The van der Waals surface area contributed by atoms with Gasteiger partial charge in [0.25, 0.3) is 5.91 Å². The average molecular weight is 433 g/mol. The zero-order valence-electron chi connectivity index (χ0n) is 17.6. The van der Waals surface area contributed by atoms with E-state index in [1.54, 1.807) is 45.4 Å². The van der Waals surface area contributed by atoms with Crippen LogP contribution in [0.15, 0.2) is 42.5 Å². The second-order valence-electron chi connectivity index (χ2n) is 7.27. The van der Waals surface area contributed by atoms with Gasteiger partial charge >= 0.3 is 0 Å². The monoisotopic (exact) mass is 432 g/mol. The summed E-state index contributed by atoms with van der Waals surface area (Å²) in [5.41, 5.74) is 1.84. The minimum absolute atomic E-state index is 0.0404. The van der Waals surface area contributed by atoms with Crippen molar-refractivity contribution in [3.63, 3.8) is 0 Å². The third-order valence-electron chi connectivity index (χ3n) is 5.16. The summed E-state index contributed by atoms with van der Waals surface area (Å²) in [6, 6.07) is 12.3. The van der Waals surface area contributed by atoms with Gasteiger partial charge in [0.1, 0.15) is 0 Å². The van der Waals surface area contributed by atoms with E-state index in [2.05, 4.69) is 4.72 Å². The van der Waals surface area contributed by atoms with E-state index in [1.165, 1.54) is 0 Å². The minimum atomic E-state index is -3.41. The molecule has 1 N–H and O–H groups in total. The molecule has 1 atom stereocenters. The Labute approximate surface area is 178 Å². The van der Waals surface area contributed by atoms with Gasteiger partial charge in [-0.1, -0.05) is 19.1 Å². The average Bonchev–Trinajstić information content (AvgIpc) is 3.22. The lowest BCUT2D eigenvalue weighted by atomic mass is 10.0. The molecule has 1 amide bonds. The van der Waals surface area contributed by atoms with Crippen LogP contribution in [-0.4, -0.2) is 45.7 Å². The maximum Gasteiger partial charge on any atom is 0.254 e. The van der Waals surface area contributed by atoms with Gasteiger partial charge in [-0.3, -0.25) is 9.52 Å². The number of nitrogens with zero attached hydrogens (tertiary/aromatic N) is 1. The molecule has 8 heteroatoms. The van der Waals surface area contributed by atoms with Gasteiger partial charge in [0, 0.05) is 17.8 Å². The number of anilines is 1. The fraction of sp³-hybridized carbons (Fsp3) is 0.409. The third kappa shape index (κ3) is 4.87. The number of amides is 1. The highest BCUT2D eigenvalue weighted by atomic mass is 32.2. The van der Waals surface area contributed by atoms with E-state index < -0.39 is 10.0 Å². The predicted octanol–water partition coefficient (Wildman–Crippen LogP) is 3.83. The Morgan fingerprint density at radius 3 is 2.60 bits per heavy atom. The number of hydrogen-bond acceptors (Lipinski definition) is 5. The van der Waals surface area contributed by atoms with Crippen LogP contribution < -0.4 is 14.2 Å². The fourth-order valence-corrected chi connectivity index (χ4v) is 4.92. The number of hydrogen-bond donors (Lipinski definition) is 1. The molecule has 1 saturated heterocycles. The Hall–Kier alpha value is -2.74. The van der Waals surface area contributed by atoms with Gasteiger partial charge in [0.2, 0.25) is 10.0 Å². The first-order valence-corrected chi connectivity index (χ1v) is 11.7. The van der Waals surface area contributed by atoms with Crippen molar-refractivity contribution in [3.05, 3.63) is 53.6 Å².